The van der Waals surface area contributed by atoms with Crippen molar-refractivity contribution in [1.29, 1.82) is 0 Å². The predicted octanol–water partition coefficient (Wildman–Crippen LogP) is 4.54. The number of aryl methyl sites for hydroxylation is 2. The highest BCUT2D eigenvalue weighted by atomic mass is 16.3. The van der Waals surface area contributed by atoms with Gasteiger partial charge in [-0.2, -0.15) is 0 Å². The van der Waals surface area contributed by atoms with E-state index in [1.807, 2.05) is 60.0 Å². The van der Waals surface area contributed by atoms with Gasteiger partial charge in [0.05, 0.1) is 23.7 Å². The molecule has 0 bridgehead atoms. The maximum absolute atomic E-state index is 13.4. The number of rotatable bonds is 7. The average molecular weight is 441 g/mol. The number of aromatic amines is 1. The van der Waals surface area contributed by atoms with Crippen LogP contribution >= 0.6 is 0 Å². The number of tetrazole rings is 1. The van der Waals surface area contributed by atoms with Crippen molar-refractivity contribution in [3.05, 3.63) is 82.1 Å². The van der Waals surface area contributed by atoms with Crippen LogP contribution < -0.4 is 5.56 Å². The van der Waals surface area contributed by atoms with Gasteiger partial charge in [0.25, 0.3) is 5.56 Å². The van der Waals surface area contributed by atoms with Gasteiger partial charge < -0.3 is 4.42 Å². The molecule has 0 saturated carbocycles. The van der Waals surface area contributed by atoms with E-state index in [2.05, 4.69) is 27.5 Å². The zero-order valence-electron chi connectivity index (χ0n) is 18.6. The standard InChI is InChI=1S/C25H24N6O2/c1-3-4-5-22-26-21-11-6-16(2)14-20(21)25(32)31(22)15-17-7-9-18(10-8-17)19-12-13-33-23(19)24-27-29-30-28-24/h6-14H,3-5,15H2,1-2H3,(H,27,28,29,30). The number of benzene rings is 2. The third-order valence-corrected chi connectivity index (χ3v) is 5.77. The molecule has 0 saturated heterocycles. The van der Waals surface area contributed by atoms with Crippen LogP contribution in [0, 0.1) is 6.92 Å². The van der Waals surface area contributed by atoms with Crippen molar-refractivity contribution in [3.63, 3.8) is 0 Å². The number of nitrogens with one attached hydrogen (secondary N) is 1. The molecule has 0 aliphatic rings. The summed E-state index contributed by atoms with van der Waals surface area (Å²) in [7, 11) is 0. The summed E-state index contributed by atoms with van der Waals surface area (Å²) < 4.78 is 7.40. The van der Waals surface area contributed by atoms with Crippen LogP contribution in [-0.4, -0.2) is 30.2 Å². The van der Waals surface area contributed by atoms with Crippen molar-refractivity contribution < 1.29 is 4.42 Å². The van der Waals surface area contributed by atoms with Crippen LogP contribution in [0.3, 0.4) is 0 Å². The van der Waals surface area contributed by atoms with Crippen molar-refractivity contribution in [2.75, 3.05) is 0 Å². The van der Waals surface area contributed by atoms with Gasteiger partial charge >= 0.3 is 0 Å². The fourth-order valence-corrected chi connectivity index (χ4v) is 4.02. The Kier molecular flexibility index (Phi) is 5.56. The molecule has 8 heteroatoms. The Morgan fingerprint density at radius 1 is 1.09 bits per heavy atom. The monoisotopic (exact) mass is 440 g/mol. The molecule has 2 aromatic carbocycles. The molecule has 0 fully saturated rings. The van der Waals surface area contributed by atoms with E-state index in [0.29, 0.717) is 23.5 Å². The SMILES string of the molecule is CCCCc1nc2ccc(C)cc2c(=O)n1Cc1ccc(-c2ccoc2-c2nnn[nH]2)cc1. The number of H-pyrrole nitrogens is 1. The van der Waals surface area contributed by atoms with Gasteiger partial charge in [-0.1, -0.05) is 49.2 Å². The molecule has 3 heterocycles. The summed E-state index contributed by atoms with van der Waals surface area (Å²) in [6.07, 6.45) is 4.42. The van der Waals surface area contributed by atoms with Crippen molar-refractivity contribution >= 4 is 10.9 Å². The molecule has 5 aromatic rings. The lowest BCUT2D eigenvalue weighted by Gasteiger charge is -2.14. The predicted molar refractivity (Wildman–Crippen MR) is 126 cm³/mol. The van der Waals surface area contributed by atoms with Gasteiger partial charge in [-0.3, -0.25) is 9.36 Å². The lowest BCUT2D eigenvalue weighted by Crippen LogP contribution is -2.26. The van der Waals surface area contributed by atoms with Crippen LogP contribution in [-0.2, 0) is 13.0 Å². The van der Waals surface area contributed by atoms with Gasteiger partial charge in [0.2, 0.25) is 5.82 Å². The molecule has 8 nitrogen and oxygen atoms in total. The summed E-state index contributed by atoms with van der Waals surface area (Å²) in [6.45, 7) is 4.61. The van der Waals surface area contributed by atoms with Crippen molar-refractivity contribution in [2.45, 2.75) is 39.7 Å². The van der Waals surface area contributed by atoms with Crippen LogP contribution in [0.15, 0.2) is 64.0 Å². The third-order valence-electron chi connectivity index (χ3n) is 5.77. The van der Waals surface area contributed by atoms with E-state index < -0.39 is 0 Å². The van der Waals surface area contributed by atoms with Crippen LogP contribution in [0.5, 0.6) is 0 Å². The van der Waals surface area contributed by atoms with Gasteiger partial charge in [0, 0.05) is 12.0 Å². The minimum Gasteiger partial charge on any atom is -0.460 e. The molecule has 166 valence electrons. The summed E-state index contributed by atoms with van der Waals surface area (Å²) >= 11 is 0. The van der Waals surface area contributed by atoms with Gasteiger partial charge in [0.15, 0.2) is 5.76 Å². The fourth-order valence-electron chi connectivity index (χ4n) is 4.02. The van der Waals surface area contributed by atoms with E-state index >= 15 is 0 Å². The van der Waals surface area contributed by atoms with Crippen LogP contribution in [0.4, 0.5) is 0 Å². The van der Waals surface area contributed by atoms with E-state index in [9.17, 15) is 4.79 Å². The largest absolute Gasteiger partial charge is 0.460 e. The van der Waals surface area contributed by atoms with E-state index in [1.165, 1.54) is 0 Å². The highest BCUT2D eigenvalue weighted by Crippen LogP contribution is 2.31. The molecule has 0 spiro atoms. The van der Waals surface area contributed by atoms with Gasteiger partial charge in [-0.15, -0.1) is 5.10 Å². The first kappa shape index (κ1) is 20.8. The first-order valence-corrected chi connectivity index (χ1v) is 11.0. The van der Waals surface area contributed by atoms with Gasteiger partial charge in [0.1, 0.15) is 5.82 Å². The first-order valence-electron chi connectivity index (χ1n) is 11.0. The lowest BCUT2D eigenvalue weighted by molar-refractivity contribution is 0.578. The summed E-state index contributed by atoms with van der Waals surface area (Å²) in [5, 5.41) is 14.6. The topological polar surface area (TPSA) is 102 Å². The second kappa shape index (κ2) is 8.82. The number of unbranched alkanes of at least 4 members (excludes halogenated alkanes) is 1. The van der Waals surface area contributed by atoms with Crippen molar-refractivity contribution in [2.24, 2.45) is 0 Å². The molecule has 0 atom stereocenters. The maximum atomic E-state index is 13.4. The van der Waals surface area contributed by atoms with Gasteiger partial charge in [-0.25, -0.2) is 10.1 Å². The quantitative estimate of drug-likeness (QED) is 0.399. The number of aromatic nitrogens is 6. The Balaban J connectivity index is 1.49. The van der Waals surface area contributed by atoms with Crippen molar-refractivity contribution in [1.82, 2.24) is 30.2 Å². The average Bonchev–Trinajstić information content (AvgIpc) is 3.53. The zero-order chi connectivity index (χ0) is 22.8. The summed E-state index contributed by atoms with van der Waals surface area (Å²) in [5.41, 5.74) is 4.72. The summed E-state index contributed by atoms with van der Waals surface area (Å²) in [6, 6.07) is 15.8. The first-order chi connectivity index (χ1) is 16.1. The molecule has 33 heavy (non-hydrogen) atoms. The Morgan fingerprint density at radius 2 is 1.94 bits per heavy atom. The summed E-state index contributed by atoms with van der Waals surface area (Å²) in [4.78, 5) is 18.2. The molecule has 0 unspecified atom stereocenters. The lowest BCUT2D eigenvalue weighted by atomic mass is 10.0. The molecule has 5 rings (SSSR count). The minimum atomic E-state index is 0.00817. The zero-order valence-corrected chi connectivity index (χ0v) is 18.6. The Bertz CT molecular complexity index is 1450. The molecule has 1 N–H and O–H groups in total. The molecule has 0 radical (unpaired) electrons. The minimum absolute atomic E-state index is 0.00817. The Hall–Kier alpha value is -4.07. The van der Waals surface area contributed by atoms with Crippen molar-refractivity contribution in [3.8, 4) is 22.7 Å². The van der Waals surface area contributed by atoms with Crippen LogP contribution in [0.1, 0.15) is 36.7 Å². The Morgan fingerprint density at radius 3 is 2.70 bits per heavy atom. The van der Waals surface area contributed by atoms with E-state index in [1.54, 1.807) is 6.26 Å². The molecule has 0 amide bonds. The highest BCUT2D eigenvalue weighted by Gasteiger charge is 2.15. The highest BCUT2D eigenvalue weighted by molar-refractivity contribution is 5.78. The maximum Gasteiger partial charge on any atom is 0.261 e. The van der Waals surface area contributed by atoms with Crippen LogP contribution in [0.2, 0.25) is 0 Å². The molecule has 0 aliphatic carbocycles. The molecule has 0 aliphatic heterocycles. The van der Waals surface area contributed by atoms with Gasteiger partial charge in [-0.05, 0) is 53.1 Å². The Labute approximate surface area is 190 Å². The third kappa shape index (κ3) is 4.07. The normalized spacial score (nSPS) is 11.3. The van der Waals surface area contributed by atoms with Crippen LogP contribution in [0.25, 0.3) is 33.6 Å². The van der Waals surface area contributed by atoms with E-state index in [0.717, 1.165) is 52.9 Å². The van der Waals surface area contributed by atoms with E-state index in [4.69, 9.17) is 9.40 Å². The smallest absolute Gasteiger partial charge is 0.261 e. The molecule has 3 aromatic heterocycles. The molecular weight excluding hydrogens is 416 g/mol. The number of furan rings is 1. The number of hydrogen-bond acceptors (Lipinski definition) is 6. The number of nitrogens with zero attached hydrogens (tertiary/aromatic N) is 5. The summed E-state index contributed by atoms with van der Waals surface area (Å²) in [5.74, 6) is 1.89. The second-order valence-corrected chi connectivity index (χ2v) is 8.15. The van der Waals surface area contributed by atoms with E-state index in [-0.39, 0.29) is 5.56 Å². The molecular formula is C25H24N6O2. The number of fused-ring (bicyclic) bond motifs is 1. The fraction of sp³-hybridized carbons (Fsp3) is 0.240. The second-order valence-electron chi connectivity index (χ2n) is 8.15. The number of hydrogen-bond donors (Lipinski definition) is 1.